The van der Waals surface area contributed by atoms with Crippen LogP contribution in [-0.2, 0) is 5.41 Å². The molecule has 2 unspecified atom stereocenters. The molecule has 0 bridgehead atoms. The number of ether oxygens (including phenoxy) is 1. The average molecular weight is 576 g/mol. The van der Waals surface area contributed by atoms with E-state index >= 15 is 0 Å². The SMILES string of the molecule is C1=CC2Oc3ccccc3N(c3ccc4c(c3)C3(c5ccccc5-c5ccccc53)c3cc(-c5ccccc5)ccc3-4)C2C=C1. The maximum absolute atomic E-state index is 6.49. The van der Waals surface area contributed by atoms with Crippen LogP contribution in [0, 0.1) is 0 Å². The molecule has 0 radical (unpaired) electrons. The Morgan fingerprint density at radius 1 is 0.489 bits per heavy atom. The van der Waals surface area contributed by atoms with Crippen LogP contribution >= 0.6 is 0 Å². The van der Waals surface area contributed by atoms with E-state index in [-0.39, 0.29) is 12.1 Å². The molecule has 0 saturated carbocycles. The van der Waals surface area contributed by atoms with Crippen LogP contribution in [0.15, 0.2) is 164 Å². The number of hydrogen-bond acceptors (Lipinski definition) is 2. The van der Waals surface area contributed by atoms with Crippen LogP contribution in [0.4, 0.5) is 11.4 Å². The molecular weight excluding hydrogens is 546 g/mol. The monoisotopic (exact) mass is 575 g/mol. The first kappa shape index (κ1) is 24.8. The minimum Gasteiger partial charge on any atom is -0.482 e. The van der Waals surface area contributed by atoms with Crippen molar-refractivity contribution in [2.45, 2.75) is 17.6 Å². The summed E-state index contributed by atoms with van der Waals surface area (Å²) in [7, 11) is 0. The minimum absolute atomic E-state index is 0.0503. The van der Waals surface area contributed by atoms with Gasteiger partial charge in [0.1, 0.15) is 11.9 Å². The number of nitrogens with zero attached hydrogens (tertiary/aromatic N) is 1. The fourth-order valence-electron chi connectivity index (χ4n) is 8.38. The third-order valence-corrected chi connectivity index (χ3v) is 10.2. The van der Waals surface area contributed by atoms with Gasteiger partial charge in [0.25, 0.3) is 0 Å². The van der Waals surface area contributed by atoms with Crippen molar-refractivity contribution in [3.63, 3.8) is 0 Å². The first-order chi connectivity index (χ1) is 22.3. The number of anilines is 2. The lowest BCUT2D eigenvalue weighted by atomic mass is 9.70. The van der Waals surface area contributed by atoms with E-state index < -0.39 is 5.41 Å². The second kappa shape index (κ2) is 9.20. The van der Waals surface area contributed by atoms with Gasteiger partial charge in [0.15, 0.2) is 0 Å². The van der Waals surface area contributed by atoms with Gasteiger partial charge in [-0.15, -0.1) is 0 Å². The van der Waals surface area contributed by atoms with Gasteiger partial charge in [0.2, 0.25) is 0 Å². The molecule has 6 aromatic rings. The Labute approximate surface area is 263 Å². The maximum atomic E-state index is 6.49. The Hall–Kier alpha value is -5.60. The van der Waals surface area contributed by atoms with Gasteiger partial charge in [-0.05, 0) is 92.0 Å². The number of allylic oxidation sites excluding steroid dienone is 2. The summed E-state index contributed by atoms with van der Waals surface area (Å²) in [6, 6.07) is 51.6. The zero-order valence-electron chi connectivity index (χ0n) is 24.6. The van der Waals surface area contributed by atoms with Crippen molar-refractivity contribution < 1.29 is 4.74 Å². The molecule has 0 aromatic heterocycles. The fraction of sp³-hybridized carbons (Fsp3) is 0.0698. The number of rotatable bonds is 2. The van der Waals surface area contributed by atoms with Crippen LogP contribution in [0.3, 0.4) is 0 Å². The molecule has 212 valence electrons. The second-order valence-corrected chi connectivity index (χ2v) is 12.4. The second-order valence-electron chi connectivity index (χ2n) is 12.4. The lowest BCUT2D eigenvalue weighted by Gasteiger charge is -2.42. The van der Waals surface area contributed by atoms with Crippen LogP contribution in [0.25, 0.3) is 33.4 Å². The Morgan fingerprint density at radius 3 is 1.91 bits per heavy atom. The van der Waals surface area contributed by atoms with E-state index in [1.807, 2.05) is 0 Å². The predicted molar refractivity (Wildman–Crippen MR) is 183 cm³/mol. The van der Waals surface area contributed by atoms with Crippen LogP contribution in [0.2, 0.25) is 0 Å². The summed E-state index contributed by atoms with van der Waals surface area (Å²) >= 11 is 0. The largest absolute Gasteiger partial charge is 0.482 e. The number of para-hydroxylation sites is 2. The van der Waals surface area contributed by atoms with Crippen LogP contribution in [-0.4, -0.2) is 12.1 Å². The van der Waals surface area contributed by atoms with E-state index in [0.29, 0.717) is 0 Å². The minimum atomic E-state index is -0.424. The smallest absolute Gasteiger partial charge is 0.144 e. The molecule has 2 nitrogen and oxygen atoms in total. The molecule has 0 fully saturated rings. The molecule has 45 heavy (non-hydrogen) atoms. The van der Waals surface area contributed by atoms with Crippen LogP contribution in [0.1, 0.15) is 22.3 Å². The van der Waals surface area contributed by atoms with Gasteiger partial charge >= 0.3 is 0 Å². The van der Waals surface area contributed by atoms with E-state index in [9.17, 15) is 0 Å². The van der Waals surface area contributed by atoms with Gasteiger partial charge in [0, 0.05) is 5.69 Å². The molecule has 2 atom stereocenters. The van der Waals surface area contributed by atoms with Crippen molar-refractivity contribution in [3.8, 4) is 39.1 Å². The van der Waals surface area contributed by atoms with Crippen molar-refractivity contribution in [1.29, 1.82) is 0 Å². The molecule has 6 aromatic carbocycles. The Balaban J connectivity index is 1.27. The molecule has 1 spiro atoms. The zero-order chi connectivity index (χ0) is 29.5. The van der Waals surface area contributed by atoms with Gasteiger partial charge in [-0.2, -0.15) is 0 Å². The summed E-state index contributed by atoms with van der Waals surface area (Å²) in [6.45, 7) is 0. The lowest BCUT2D eigenvalue weighted by Crippen LogP contribution is -2.46. The van der Waals surface area contributed by atoms with E-state index in [1.54, 1.807) is 0 Å². The predicted octanol–water partition coefficient (Wildman–Crippen LogP) is 10.1. The summed E-state index contributed by atoms with van der Waals surface area (Å²) in [6.07, 6.45) is 8.63. The first-order valence-electron chi connectivity index (χ1n) is 15.8. The highest BCUT2D eigenvalue weighted by molar-refractivity contribution is 5.97. The third kappa shape index (κ3) is 3.29. The Kier molecular flexibility index (Phi) is 5.07. The molecule has 1 aliphatic heterocycles. The van der Waals surface area contributed by atoms with Crippen LogP contribution in [0.5, 0.6) is 5.75 Å². The molecule has 0 N–H and O–H groups in total. The third-order valence-electron chi connectivity index (χ3n) is 10.2. The number of benzene rings is 6. The first-order valence-corrected chi connectivity index (χ1v) is 15.8. The van der Waals surface area contributed by atoms with Gasteiger partial charge in [-0.25, -0.2) is 0 Å². The number of hydrogen-bond donors (Lipinski definition) is 0. The Bertz CT molecular complexity index is 2180. The summed E-state index contributed by atoms with van der Waals surface area (Å²) in [5.74, 6) is 0.918. The zero-order valence-corrected chi connectivity index (χ0v) is 24.6. The van der Waals surface area contributed by atoms with Crippen molar-refractivity contribution in [3.05, 3.63) is 186 Å². The van der Waals surface area contributed by atoms with Crippen LogP contribution < -0.4 is 9.64 Å². The topological polar surface area (TPSA) is 12.5 Å². The molecule has 0 amide bonds. The molecule has 0 saturated heterocycles. The highest BCUT2D eigenvalue weighted by atomic mass is 16.5. The van der Waals surface area contributed by atoms with Gasteiger partial charge < -0.3 is 9.64 Å². The van der Waals surface area contributed by atoms with Crippen molar-refractivity contribution in [1.82, 2.24) is 0 Å². The Morgan fingerprint density at radius 2 is 1.11 bits per heavy atom. The summed E-state index contributed by atoms with van der Waals surface area (Å²) in [5.41, 5.74) is 15.0. The molecule has 1 heterocycles. The summed E-state index contributed by atoms with van der Waals surface area (Å²) < 4.78 is 6.49. The number of fused-ring (bicyclic) bond motifs is 12. The quantitative estimate of drug-likeness (QED) is 0.203. The van der Waals surface area contributed by atoms with Gasteiger partial charge in [-0.3, -0.25) is 0 Å². The van der Waals surface area contributed by atoms with E-state index in [0.717, 1.165) is 11.4 Å². The highest BCUT2D eigenvalue weighted by Gasteiger charge is 2.52. The maximum Gasteiger partial charge on any atom is 0.144 e. The van der Waals surface area contributed by atoms with Gasteiger partial charge in [-0.1, -0.05) is 127 Å². The molecule has 4 aliphatic rings. The van der Waals surface area contributed by atoms with E-state index in [1.165, 1.54) is 61.3 Å². The molecule has 2 heteroatoms. The fourth-order valence-corrected chi connectivity index (χ4v) is 8.38. The lowest BCUT2D eigenvalue weighted by molar-refractivity contribution is 0.218. The standard InChI is InChI=1S/C43H29NO/c1-2-12-28(13-3-1)29-22-24-33-34-25-23-30(44-39-18-8-10-20-41(39)45-42-21-11-9-19-40(42)44)27-38(34)43(37(33)26-29)35-16-6-4-14-31(35)32-15-5-7-17-36(32)43/h1-27,39,41H. The molecular formula is C43H29NO. The van der Waals surface area contributed by atoms with E-state index in [4.69, 9.17) is 4.74 Å². The average Bonchev–Trinajstić information content (AvgIpc) is 3.57. The molecule has 3 aliphatic carbocycles. The molecule has 10 rings (SSSR count). The summed E-state index contributed by atoms with van der Waals surface area (Å²) in [4.78, 5) is 2.47. The highest BCUT2D eigenvalue weighted by Crippen LogP contribution is 2.63. The van der Waals surface area contributed by atoms with Crippen molar-refractivity contribution in [2.75, 3.05) is 4.90 Å². The van der Waals surface area contributed by atoms with Gasteiger partial charge in [0.05, 0.1) is 17.1 Å². The van der Waals surface area contributed by atoms with Crippen molar-refractivity contribution in [2.24, 2.45) is 0 Å². The van der Waals surface area contributed by atoms with Crippen molar-refractivity contribution >= 4 is 11.4 Å². The summed E-state index contributed by atoms with van der Waals surface area (Å²) in [5, 5.41) is 0. The normalized spacial score (nSPS) is 18.8. The van der Waals surface area contributed by atoms with E-state index in [2.05, 4.69) is 169 Å².